The minimum Gasteiger partial charge on any atom is -0.339 e. The van der Waals surface area contributed by atoms with Gasteiger partial charge in [-0.05, 0) is 18.4 Å². The van der Waals surface area contributed by atoms with Crippen LogP contribution in [0.15, 0.2) is 30.3 Å². The topological polar surface area (TPSA) is 49.6 Å². The Kier molecular flexibility index (Phi) is 8.46. The Hall–Kier alpha value is -1.10. The number of hydrogen-bond acceptors (Lipinski definition) is 3. The predicted octanol–water partition coefficient (Wildman–Crippen LogP) is 1.92. The van der Waals surface area contributed by atoms with E-state index in [2.05, 4.69) is 36.1 Å². The van der Waals surface area contributed by atoms with Crippen LogP contribution in [0.25, 0.3) is 0 Å². The molecule has 0 radical (unpaired) electrons. The molecule has 0 aliphatic carbocycles. The van der Waals surface area contributed by atoms with Gasteiger partial charge in [-0.15, -0.1) is 12.4 Å². The maximum atomic E-state index is 12.2. The lowest BCUT2D eigenvalue weighted by Crippen LogP contribution is -2.53. The van der Waals surface area contributed by atoms with Crippen molar-refractivity contribution < 1.29 is 4.79 Å². The second-order valence-corrected chi connectivity index (χ2v) is 5.80. The molecular formula is C17H28ClN3O. The molecule has 1 aliphatic rings. The number of amides is 1. The number of carbonyl (C=O) groups excluding carboxylic acids is 1. The first-order chi connectivity index (χ1) is 10.2. The van der Waals surface area contributed by atoms with Gasteiger partial charge in [0.15, 0.2) is 0 Å². The highest BCUT2D eigenvalue weighted by atomic mass is 35.5. The number of hydrogen-bond donors (Lipinski definition) is 1. The van der Waals surface area contributed by atoms with Crippen molar-refractivity contribution in [3.8, 4) is 0 Å². The highest BCUT2D eigenvalue weighted by Gasteiger charge is 2.24. The van der Waals surface area contributed by atoms with Gasteiger partial charge in [0.2, 0.25) is 5.91 Å². The lowest BCUT2D eigenvalue weighted by molar-refractivity contribution is -0.134. The summed E-state index contributed by atoms with van der Waals surface area (Å²) in [6, 6.07) is 10.2. The molecule has 5 heteroatoms. The standard InChI is InChI=1S/C17H27N3O.ClH/c1-2-6-16(18)17(21)20-13-11-19(12-14-20)10-9-15-7-4-3-5-8-15;/h3-5,7-8,16H,2,6,9-14,18H2,1H3;1H. The van der Waals surface area contributed by atoms with E-state index in [0.29, 0.717) is 0 Å². The van der Waals surface area contributed by atoms with Crippen LogP contribution in [0.5, 0.6) is 0 Å². The molecule has 1 atom stereocenters. The normalized spacial score (nSPS) is 16.9. The molecule has 2 N–H and O–H groups in total. The van der Waals surface area contributed by atoms with Crippen molar-refractivity contribution in [3.05, 3.63) is 35.9 Å². The molecule has 1 unspecified atom stereocenters. The van der Waals surface area contributed by atoms with Crippen LogP contribution in [-0.4, -0.2) is 54.5 Å². The molecule has 0 aromatic heterocycles. The van der Waals surface area contributed by atoms with Crippen molar-refractivity contribution in [1.82, 2.24) is 9.80 Å². The van der Waals surface area contributed by atoms with Crippen molar-refractivity contribution in [2.24, 2.45) is 5.73 Å². The Morgan fingerprint density at radius 3 is 2.41 bits per heavy atom. The zero-order valence-electron chi connectivity index (χ0n) is 13.4. The molecule has 1 aliphatic heterocycles. The summed E-state index contributed by atoms with van der Waals surface area (Å²) in [4.78, 5) is 16.5. The average molecular weight is 326 g/mol. The predicted molar refractivity (Wildman–Crippen MR) is 93.3 cm³/mol. The fourth-order valence-electron chi connectivity index (χ4n) is 2.79. The second-order valence-electron chi connectivity index (χ2n) is 5.80. The Balaban J connectivity index is 0.00000242. The number of rotatable bonds is 6. The van der Waals surface area contributed by atoms with Crippen LogP contribution in [0.3, 0.4) is 0 Å². The van der Waals surface area contributed by atoms with Crippen molar-refractivity contribution >= 4 is 18.3 Å². The summed E-state index contributed by atoms with van der Waals surface area (Å²) >= 11 is 0. The van der Waals surface area contributed by atoms with Crippen LogP contribution < -0.4 is 5.73 Å². The summed E-state index contributed by atoms with van der Waals surface area (Å²) in [6.45, 7) is 6.66. The number of carbonyl (C=O) groups is 1. The maximum absolute atomic E-state index is 12.2. The van der Waals surface area contributed by atoms with Crippen molar-refractivity contribution in [1.29, 1.82) is 0 Å². The smallest absolute Gasteiger partial charge is 0.239 e. The van der Waals surface area contributed by atoms with Crippen LogP contribution in [0.2, 0.25) is 0 Å². The Labute approximate surface area is 140 Å². The van der Waals surface area contributed by atoms with Gasteiger partial charge in [-0.3, -0.25) is 9.69 Å². The van der Waals surface area contributed by atoms with Crippen LogP contribution >= 0.6 is 12.4 Å². The number of benzene rings is 1. The first-order valence-electron chi connectivity index (χ1n) is 8.01. The fourth-order valence-corrected chi connectivity index (χ4v) is 2.79. The van der Waals surface area contributed by atoms with Gasteiger partial charge in [-0.2, -0.15) is 0 Å². The first-order valence-corrected chi connectivity index (χ1v) is 8.01. The van der Waals surface area contributed by atoms with E-state index in [9.17, 15) is 4.79 Å². The Morgan fingerprint density at radius 2 is 1.82 bits per heavy atom. The molecule has 0 spiro atoms. The van der Waals surface area contributed by atoms with E-state index in [0.717, 1.165) is 52.0 Å². The zero-order valence-corrected chi connectivity index (χ0v) is 14.2. The van der Waals surface area contributed by atoms with Gasteiger partial charge in [0, 0.05) is 32.7 Å². The lowest BCUT2D eigenvalue weighted by Gasteiger charge is -2.35. The summed E-state index contributed by atoms with van der Waals surface area (Å²) in [5.41, 5.74) is 7.30. The molecule has 22 heavy (non-hydrogen) atoms. The number of halogens is 1. The highest BCUT2D eigenvalue weighted by Crippen LogP contribution is 2.08. The van der Waals surface area contributed by atoms with Crippen LogP contribution in [-0.2, 0) is 11.2 Å². The van der Waals surface area contributed by atoms with E-state index < -0.39 is 0 Å². The minimum atomic E-state index is -0.314. The van der Waals surface area contributed by atoms with E-state index in [1.54, 1.807) is 0 Å². The molecule has 1 aromatic carbocycles. The van der Waals surface area contributed by atoms with Crippen molar-refractivity contribution in [2.45, 2.75) is 32.2 Å². The van der Waals surface area contributed by atoms with E-state index in [1.165, 1.54) is 5.56 Å². The quantitative estimate of drug-likeness (QED) is 0.869. The SMILES string of the molecule is CCCC(N)C(=O)N1CCN(CCc2ccccc2)CC1.Cl. The van der Waals surface area contributed by atoms with E-state index >= 15 is 0 Å². The van der Waals surface area contributed by atoms with Gasteiger partial charge in [0.1, 0.15) is 0 Å². The van der Waals surface area contributed by atoms with Gasteiger partial charge < -0.3 is 10.6 Å². The van der Waals surface area contributed by atoms with Crippen LogP contribution in [0.1, 0.15) is 25.3 Å². The minimum absolute atomic E-state index is 0. The molecule has 1 heterocycles. The van der Waals surface area contributed by atoms with Gasteiger partial charge in [0.05, 0.1) is 6.04 Å². The zero-order chi connectivity index (χ0) is 15.1. The van der Waals surface area contributed by atoms with Gasteiger partial charge in [-0.25, -0.2) is 0 Å². The summed E-state index contributed by atoms with van der Waals surface area (Å²) < 4.78 is 0. The fraction of sp³-hybridized carbons (Fsp3) is 0.588. The van der Waals surface area contributed by atoms with Gasteiger partial charge in [0.25, 0.3) is 0 Å². The molecule has 1 saturated heterocycles. The number of nitrogens with zero attached hydrogens (tertiary/aromatic N) is 2. The lowest BCUT2D eigenvalue weighted by atomic mass is 10.1. The van der Waals surface area contributed by atoms with Gasteiger partial charge >= 0.3 is 0 Å². The first kappa shape index (κ1) is 18.9. The summed E-state index contributed by atoms with van der Waals surface area (Å²) in [5.74, 6) is 0.125. The molecule has 2 rings (SSSR count). The second kappa shape index (κ2) is 9.82. The summed E-state index contributed by atoms with van der Waals surface area (Å²) in [6.07, 6.45) is 2.82. The van der Waals surface area contributed by atoms with Crippen LogP contribution in [0, 0.1) is 0 Å². The molecule has 1 amide bonds. The molecule has 124 valence electrons. The monoisotopic (exact) mass is 325 g/mol. The largest absolute Gasteiger partial charge is 0.339 e. The number of nitrogens with two attached hydrogens (primary N) is 1. The van der Waals surface area contributed by atoms with E-state index in [-0.39, 0.29) is 24.4 Å². The third kappa shape index (κ3) is 5.59. The molecule has 4 nitrogen and oxygen atoms in total. The van der Waals surface area contributed by atoms with Crippen LogP contribution in [0.4, 0.5) is 0 Å². The Bertz CT molecular complexity index is 433. The Morgan fingerprint density at radius 1 is 1.18 bits per heavy atom. The van der Waals surface area contributed by atoms with E-state index in [1.807, 2.05) is 11.0 Å². The molecular weight excluding hydrogens is 298 g/mol. The highest BCUT2D eigenvalue weighted by molar-refractivity contribution is 5.85. The third-order valence-corrected chi connectivity index (χ3v) is 4.16. The van der Waals surface area contributed by atoms with Crippen molar-refractivity contribution in [3.63, 3.8) is 0 Å². The maximum Gasteiger partial charge on any atom is 0.239 e. The third-order valence-electron chi connectivity index (χ3n) is 4.16. The molecule has 0 saturated carbocycles. The molecule has 0 bridgehead atoms. The van der Waals surface area contributed by atoms with Gasteiger partial charge in [-0.1, -0.05) is 43.7 Å². The van der Waals surface area contributed by atoms with Crippen molar-refractivity contribution in [2.75, 3.05) is 32.7 Å². The summed E-state index contributed by atoms with van der Waals surface area (Å²) in [5, 5.41) is 0. The molecule has 1 aromatic rings. The average Bonchev–Trinajstić information content (AvgIpc) is 2.54. The number of piperazine rings is 1. The summed E-state index contributed by atoms with van der Waals surface area (Å²) in [7, 11) is 0. The van der Waals surface area contributed by atoms with E-state index in [4.69, 9.17) is 5.73 Å². The molecule has 1 fully saturated rings.